The maximum absolute atomic E-state index is 12.4. The molecule has 4 rings (SSSR count). The standard InChI is InChI=1S/C19H23N5O3S/c1-23-7-6-14-16(12-23)28-19(21-14)22-18(26)17(25)20-13-4-2-3-5-15(13)24-8-10-27-11-9-24/h2-5H,6-12H2,1H3,(H,20,25)(H,21,22,26). The smallest absolute Gasteiger partial charge is 0.315 e. The second-order valence-corrected chi connectivity index (χ2v) is 7.99. The van der Waals surface area contributed by atoms with E-state index in [9.17, 15) is 9.59 Å². The van der Waals surface area contributed by atoms with E-state index in [1.54, 1.807) is 6.07 Å². The fourth-order valence-corrected chi connectivity index (χ4v) is 4.45. The molecule has 0 bridgehead atoms. The van der Waals surface area contributed by atoms with Gasteiger partial charge in [-0.1, -0.05) is 12.1 Å². The number of benzene rings is 1. The van der Waals surface area contributed by atoms with Crippen LogP contribution in [0.3, 0.4) is 0 Å². The number of amides is 2. The summed E-state index contributed by atoms with van der Waals surface area (Å²) in [5, 5.41) is 5.84. The van der Waals surface area contributed by atoms with E-state index < -0.39 is 11.8 Å². The summed E-state index contributed by atoms with van der Waals surface area (Å²) in [7, 11) is 2.06. The van der Waals surface area contributed by atoms with Crippen molar-refractivity contribution in [1.29, 1.82) is 0 Å². The molecule has 9 heteroatoms. The molecule has 0 spiro atoms. The Morgan fingerprint density at radius 3 is 2.68 bits per heavy atom. The molecule has 1 saturated heterocycles. The van der Waals surface area contributed by atoms with Crippen molar-refractivity contribution in [2.75, 3.05) is 55.4 Å². The highest BCUT2D eigenvalue weighted by atomic mass is 32.1. The van der Waals surface area contributed by atoms with E-state index in [0.717, 1.165) is 48.9 Å². The first-order chi connectivity index (χ1) is 13.6. The zero-order chi connectivity index (χ0) is 19.5. The molecule has 28 heavy (non-hydrogen) atoms. The summed E-state index contributed by atoms with van der Waals surface area (Å²) >= 11 is 1.43. The third-order valence-corrected chi connectivity index (χ3v) is 5.85. The Kier molecular flexibility index (Phi) is 5.56. The van der Waals surface area contributed by atoms with Crippen LogP contribution in [0.25, 0.3) is 0 Å². The maximum atomic E-state index is 12.4. The minimum atomic E-state index is -0.712. The second kappa shape index (κ2) is 8.26. The number of ether oxygens (including phenoxy) is 1. The van der Waals surface area contributed by atoms with E-state index in [1.165, 1.54) is 11.3 Å². The van der Waals surface area contributed by atoms with Crippen LogP contribution >= 0.6 is 11.3 Å². The van der Waals surface area contributed by atoms with Crippen LogP contribution in [0.1, 0.15) is 10.6 Å². The van der Waals surface area contributed by atoms with Crippen molar-refractivity contribution in [1.82, 2.24) is 9.88 Å². The Morgan fingerprint density at radius 1 is 1.11 bits per heavy atom. The van der Waals surface area contributed by atoms with Crippen LogP contribution in [0.4, 0.5) is 16.5 Å². The number of hydrogen-bond donors (Lipinski definition) is 2. The van der Waals surface area contributed by atoms with Gasteiger partial charge in [0.1, 0.15) is 0 Å². The summed E-state index contributed by atoms with van der Waals surface area (Å²) in [6.07, 6.45) is 0.858. The normalized spacial score (nSPS) is 17.1. The van der Waals surface area contributed by atoms with Gasteiger partial charge in [0.2, 0.25) is 0 Å². The van der Waals surface area contributed by atoms with Crippen LogP contribution in [0.15, 0.2) is 24.3 Å². The predicted octanol–water partition coefficient (Wildman–Crippen LogP) is 1.54. The van der Waals surface area contributed by atoms with Gasteiger partial charge in [0, 0.05) is 37.5 Å². The van der Waals surface area contributed by atoms with Crippen molar-refractivity contribution in [2.24, 2.45) is 0 Å². The van der Waals surface area contributed by atoms with Crippen LogP contribution < -0.4 is 15.5 Å². The molecule has 2 N–H and O–H groups in total. The minimum absolute atomic E-state index is 0.474. The van der Waals surface area contributed by atoms with Crippen molar-refractivity contribution in [3.63, 3.8) is 0 Å². The number of morpholine rings is 1. The number of carbonyl (C=O) groups is 2. The highest BCUT2D eigenvalue weighted by Crippen LogP contribution is 2.28. The summed E-state index contributed by atoms with van der Waals surface area (Å²) in [6.45, 7) is 4.56. The summed E-state index contributed by atoms with van der Waals surface area (Å²) in [5.41, 5.74) is 2.51. The summed E-state index contributed by atoms with van der Waals surface area (Å²) in [6, 6.07) is 7.48. The molecule has 148 valence electrons. The van der Waals surface area contributed by atoms with Crippen molar-refractivity contribution >= 4 is 39.7 Å². The van der Waals surface area contributed by atoms with Crippen LogP contribution in [0.5, 0.6) is 0 Å². The van der Waals surface area contributed by atoms with Gasteiger partial charge in [-0.25, -0.2) is 4.98 Å². The molecule has 2 amide bonds. The van der Waals surface area contributed by atoms with Crippen LogP contribution in [-0.2, 0) is 27.3 Å². The van der Waals surface area contributed by atoms with Gasteiger partial charge in [0.05, 0.1) is 30.3 Å². The lowest BCUT2D eigenvalue weighted by molar-refractivity contribution is -0.132. The second-order valence-electron chi connectivity index (χ2n) is 6.90. The topological polar surface area (TPSA) is 86.8 Å². The molecule has 2 aliphatic rings. The number of hydrogen-bond acceptors (Lipinski definition) is 7. The largest absolute Gasteiger partial charge is 0.378 e. The SMILES string of the molecule is CN1CCc2nc(NC(=O)C(=O)Nc3ccccc3N3CCOCC3)sc2C1. The van der Waals surface area contributed by atoms with Gasteiger partial charge in [-0.2, -0.15) is 0 Å². The molecule has 0 aliphatic carbocycles. The Hall–Kier alpha value is -2.49. The van der Waals surface area contributed by atoms with E-state index in [4.69, 9.17) is 4.74 Å². The monoisotopic (exact) mass is 401 g/mol. The van der Waals surface area contributed by atoms with E-state index in [1.807, 2.05) is 18.2 Å². The van der Waals surface area contributed by atoms with Crippen LogP contribution in [-0.4, -0.2) is 61.6 Å². The predicted molar refractivity (Wildman–Crippen MR) is 109 cm³/mol. The number of anilines is 3. The molecule has 0 radical (unpaired) electrons. The van der Waals surface area contributed by atoms with Gasteiger partial charge in [-0.05, 0) is 19.2 Å². The average molecular weight is 401 g/mol. The highest BCUT2D eigenvalue weighted by molar-refractivity contribution is 7.16. The number of thiazole rings is 1. The number of carbonyl (C=O) groups excluding carboxylic acids is 2. The number of nitrogens with one attached hydrogen (secondary N) is 2. The van der Waals surface area contributed by atoms with Crippen molar-refractivity contribution in [3.05, 3.63) is 34.8 Å². The minimum Gasteiger partial charge on any atom is -0.378 e. The molecule has 2 aromatic rings. The molecule has 2 aliphatic heterocycles. The molecular weight excluding hydrogens is 378 g/mol. The number of nitrogens with zero attached hydrogens (tertiary/aromatic N) is 3. The Labute approximate surface area is 167 Å². The summed E-state index contributed by atoms with van der Waals surface area (Å²) < 4.78 is 5.39. The fourth-order valence-electron chi connectivity index (χ4n) is 3.37. The fraction of sp³-hybridized carbons (Fsp3) is 0.421. The molecule has 1 aromatic heterocycles. The van der Waals surface area contributed by atoms with Crippen LogP contribution in [0, 0.1) is 0 Å². The summed E-state index contributed by atoms with van der Waals surface area (Å²) in [5.74, 6) is -1.41. The van der Waals surface area contributed by atoms with Gasteiger partial charge < -0.3 is 19.9 Å². The molecular formula is C19H23N5O3S. The van der Waals surface area contributed by atoms with E-state index >= 15 is 0 Å². The zero-order valence-corrected chi connectivity index (χ0v) is 16.6. The lowest BCUT2D eigenvalue weighted by Gasteiger charge is -2.30. The highest BCUT2D eigenvalue weighted by Gasteiger charge is 2.22. The van der Waals surface area contributed by atoms with Gasteiger partial charge in [0.15, 0.2) is 5.13 Å². The Bertz CT molecular complexity index is 878. The first-order valence-corrected chi connectivity index (χ1v) is 10.1. The number of fused-ring (bicyclic) bond motifs is 1. The molecule has 3 heterocycles. The van der Waals surface area contributed by atoms with Gasteiger partial charge in [0.25, 0.3) is 0 Å². The molecule has 1 fully saturated rings. The number of likely N-dealkylation sites (N-methyl/N-ethyl adjacent to an activating group) is 1. The first-order valence-electron chi connectivity index (χ1n) is 9.31. The Balaban J connectivity index is 1.42. The van der Waals surface area contributed by atoms with Gasteiger partial charge in [-0.3, -0.25) is 14.9 Å². The van der Waals surface area contributed by atoms with Crippen molar-refractivity contribution in [2.45, 2.75) is 13.0 Å². The Morgan fingerprint density at radius 2 is 1.86 bits per heavy atom. The quantitative estimate of drug-likeness (QED) is 0.759. The third-order valence-electron chi connectivity index (χ3n) is 4.85. The summed E-state index contributed by atoms with van der Waals surface area (Å²) in [4.78, 5) is 34.8. The molecule has 0 atom stereocenters. The zero-order valence-electron chi connectivity index (χ0n) is 15.7. The van der Waals surface area contributed by atoms with Gasteiger partial charge >= 0.3 is 11.8 Å². The van der Waals surface area contributed by atoms with E-state index in [-0.39, 0.29) is 0 Å². The van der Waals surface area contributed by atoms with E-state index in [0.29, 0.717) is 24.0 Å². The number of rotatable bonds is 3. The molecule has 1 aromatic carbocycles. The lowest BCUT2D eigenvalue weighted by Crippen LogP contribution is -2.37. The van der Waals surface area contributed by atoms with Gasteiger partial charge in [-0.15, -0.1) is 11.3 Å². The molecule has 8 nitrogen and oxygen atoms in total. The van der Waals surface area contributed by atoms with Crippen LogP contribution in [0.2, 0.25) is 0 Å². The molecule has 0 unspecified atom stereocenters. The number of aromatic nitrogens is 1. The third kappa shape index (κ3) is 4.16. The number of para-hydroxylation sites is 2. The first kappa shape index (κ1) is 18.9. The van der Waals surface area contributed by atoms with Crippen molar-refractivity contribution < 1.29 is 14.3 Å². The van der Waals surface area contributed by atoms with Crippen molar-refractivity contribution in [3.8, 4) is 0 Å². The average Bonchev–Trinajstić information content (AvgIpc) is 3.10. The lowest BCUT2D eigenvalue weighted by atomic mass is 10.2. The molecule has 0 saturated carbocycles. The van der Waals surface area contributed by atoms with E-state index in [2.05, 4.69) is 32.5 Å². The maximum Gasteiger partial charge on any atom is 0.315 e.